The molecule has 0 saturated carbocycles. The summed E-state index contributed by atoms with van der Waals surface area (Å²) in [7, 11) is 1.52. The molecule has 1 N–H and O–H groups in total. The SMILES string of the molecule is COC1=C[C@H](O)C(Oc2cccc3ccc(=O)oc23)OC1(C)C. The summed E-state index contributed by atoms with van der Waals surface area (Å²) in [4.78, 5) is 11.4. The third-order valence-corrected chi connectivity index (χ3v) is 3.68. The summed E-state index contributed by atoms with van der Waals surface area (Å²) in [5, 5.41) is 10.9. The van der Waals surface area contributed by atoms with Crippen molar-refractivity contribution in [1.29, 1.82) is 0 Å². The first kappa shape index (κ1) is 15.6. The number of hydrogen-bond acceptors (Lipinski definition) is 6. The van der Waals surface area contributed by atoms with Crippen molar-refractivity contribution in [2.45, 2.75) is 31.8 Å². The predicted octanol–water partition coefficient (Wildman–Crippen LogP) is 2.20. The van der Waals surface area contributed by atoms with Gasteiger partial charge in [-0.1, -0.05) is 12.1 Å². The molecular weight excluding hydrogens is 300 g/mol. The highest BCUT2D eigenvalue weighted by molar-refractivity contribution is 5.82. The van der Waals surface area contributed by atoms with Gasteiger partial charge in [-0.25, -0.2) is 4.79 Å². The van der Waals surface area contributed by atoms with E-state index < -0.39 is 23.6 Å². The molecule has 1 aliphatic rings. The molecule has 0 radical (unpaired) electrons. The average molecular weight is 318 g/mol. The number of methoxy groups -OCH3 is 1. The molecule has 6 nitrogen and oxygen atoms in total. The summed E-state index contributed by atoms with van der Waals surface area (Å²) in [5.41, 5.74) is -0.903. The van der Waals surface area contributed by atoms with E-state index in [1.165, 1.54) is 13.2 Å². The van der Waals surface area contributed by atoms with E-state index in [9.17, 15) is 9.90 Å². The predicted molar refractivity (Wildman–Crippen MR) is 83.2 cm³/mol. The van der Waals surface area contributed by atoms with Gasteiger partial charge in [-0.05, 0) is 32.1 Å². The van der Waals surface area contributed by atoms with Crippen LogP contribution in [0.25, 0.3) is 11.0 Å². The Labute approximate surface area is 132 Å². The molecule has 2 atom stereocenters. The maximum atomic E-state index is 11.4. The number of aliphatic hydroxyl groups is 1. The summed E-state index contributed by atoms with van der Waals surface area (Å²) in [6.07, 6.45) is -0.404. The maximum absolute atomic E-state index is 11.4. The van der Waals surface area contributed by atoms with Gasteiger partial charge in [0.05, 0.1) is 7.11 Å². The molecule has 3 rings (SSSR count). The molecule has 122 valence electrons. The zero-order valence-electron chi connectivity index (χ0n) is 13.1. The molecule has 0 amide bonds. The Morgan fingerprint density at radius 2 is 2.00 bits per heavy atom. The van der Waals surface area contributed by atoms with Gasteiger partial charge in [0.1, 0.15) is 17.5 Å². The molecule has 0 fully saturated rings. The second-order valence-electron chi connectivity index (χ2n) is 5.77. The summed E-state index contributed by atoms with van der Waals surface area (Å²) in [5.74, 6) is 0.851. The van der Waals surface area contributed by atoms with E-state index in [0.717, 1.165) is 5.39 Å². The minimum absolute atomic E-state index is 0.315. The normalized spacial score (nSPS) is 23.4. The molecule has 0 spiro atoms. The van der Waals surface area contributed by atoms with Crippen molar-refractivity contribution in [2.24, 2.45) is 0 Å². The van der Waals surface area contributed by atoms with Gasteiger partial charge < -0.3 is 23.7 Å². The Balaban J connectivity index is 1.95. The lowest BCUT2D eigenvalue weighted by molar-refractivity contribution is -0.202. The molecule has 1 aliphatic heterocycles. The summed E-state index contributed by atoms with van der Waals surface area (Å²) in [6, 6.07) is 8.22. The highest BCUT2D eigenvalue weighted by Gasteiger charge is 2.39. The lowest BCUT2D eigenvalue weighted by Gasteiger charge is -2.37. The van der Waals surface area contributed by atoms with Crippen molar-refractivity contribution >= 4 is 11.0 Å². The fourth-order valence-corrected chi connectivity index (χ4v) is 2.54. The smallest absolute Gasteiger partial charge is 0.336 e. The van der Waals surface area contributed by atoms with Crippen molar-refractivity contribution in [3.8, 4) is 5.75 Å². The van der Waals surface area contributed by atoms with Crippen molar-refractivity contribution in [3.05, 3.63) is 52.6 Å². The number of ether oxygens (including phenoxy) is 3. The maximum Gasteiger partial charge on any atom is 0.336 e. The van der Waals surface area contributed by atoms with Crippen LogP contribution >= 0.6 is 0 Å². The van der Waals surface area contributed by atoms with Gasteiger partial charge in [-0.2, -0.15) is 0 Å². The van der Waals surface area contributed by atoms with E-state index in [1.54, 1.807) is 30.3 Å². The number of fused-ring (bicyclic) bond motifs is 1. The third-order valence-electron chi connectivity index (χ3n) is 3.68. The highest BCUT2D eigenvalue weighted by Crippen LogP contribution is 2.33. The molecular formula is C17H18O6. The van der Waals surface area contributed by atoms with Crippen LogP contribution in [-0.2, 0) is 9.47 Å². The van der Waals surface area contributed by atoms with Crippen LogP contribution in [0.2, 0.25) is 0 Å². The number of para-hydroxylation sites is 1. The van der Waals surface area contributed by atoms with Crippen molar-refractivity contribution in [1.82, 2.24) is 0 Å². The van der Waals surface area contributed by atoms with Crippen molar-refractivity contribution in [2.75, 3.05) is 7.11 Å². The van der Waals surface area contributed by atoms with E-state index in [1.807, 2.05) is 13.8 Å². The Kier molecular flexibility index (Phi) is 3.87. The van der Waals surface area contributed by atoms with Gasteiger partial charge >= 0.3 is 5.63 Å². The lowest BCUT2D eigenvalue weighted by Crippen LogP contribution is -2.46. The molecule has 6 heteroatoms. The second kappa shape index (κ2) is 5.72. The fraction of sp³-hybridized carbons (Fsp3) is 0.353. The Morgan fingerprint density at radius 1 is 1.22 bits per heavy atom. The second-order valence-corrected chi connectivity index (χ2v) is 5.77. The quantitative estimate of drug-likeness (QED) is 0.874. The van der Waals surface area contributed by atoms with Crippen LogP contribution in [0.3, 0.4) is 0 Å². The topological polar surface area (TPSA) is 78.1 Å². The van der Waals surface area contributed by atoms with Crippen LogP contribution in [0.5, 0.6) is 5.75 Å². The molecule has 1 unspecified atom stereocenters. The molecule has 0 aliphatic carbocycles. The van der Waals surface area contributed by atoms with Crippen LogP contribution in [0.4, 0.5) is 0 Å². The molecule has 2 heterocycles. The number of aliphatic hydroxyl groups excluding tert-OH is 1. The van der Waals surface area contributed by atoms with Gasteiger partial charge in [-0.3, -0.25) is 0 Å². The van der Waals surface area contributed by atoms with Crippen LogP contribution in [0, 0.1) is 0 Å². The Morgan fingerprint density at radius 3 is 2.74 bits per heavy atom. The highest BCUT2D eigenvalue weighted by atomic mass is 16.7. The summed E-state index contributed by atoms with van der Waals surface area (Å²) < 4.78 is 22.0. The molecule has 1 aromatic carbocycles. The zero-order valence-corrected chi connectivity index (χ0v) is 13.1. The van der Waals surface area contributed by atoms with Crippen LogP contribution in [-0.4, -0.2) is 30.2 Å². The minimum Gasteiger partial charge on any atom is -0.498 e. The van der Waals surface area contributed by atoms with Crippen LogP contribution in [0.1, 0.15) is 13.8 Å². The molecule has 0 saturated heterocycles. The lowest BCUT2D eigenvalue weighted by atomic mass is 10.0. The first-order valence-electron chi connectivity index (χ1n) is 7.22. The number of hydrogen-bond donors (Lipinski definition) is 1. The minimum atomic E-state index is -1.01. The third kappa shape index (κ3) is 2.95. The fourth-order valence-electron chi connectivity index (χ4n) is 2.54. The van der Waals surface area contributed by atoms with Crippen LogP contribution in [0.15, 0.2) is 51.4 Å². The Hall–Kier alpha value is -2.31. The first-order valence-corrected chi connectivity index (χ1v) is 7.22. The standard InChI is InChI=1S/C17H18O6/c1-17(2)13(20-3)9-11(18)16(23-17)21-12-6-4-5-10-7-8-14(19)22-15(10)12/h4-9,11,16,18H,1-3H3/t11-,16?/m0/s1. The van der Waals surface area contributed by atoms with Gasteiger partial charge in [-0.15, -0.1) is 0 Å². The van der Waals surface area contributed by atoms with E-state index >= 15 is 0 Å². The molecule has 1 aromatic heterocycles. The molecule has 0 bridgehead atoms. The van der Waals surface area contributed by atoms with Gasteiger partial charge in [0.15, 0.2) is 11.3 Å². The average Bonchev–Trinajstić information content (AvgIpc) is 2.50. The molecule has 2 aromatic rings. The number of rotatable bonds is 3. The van der Waals surface area contributed by atoms with Crippen LogP contribution < -0.4 is 10.4 Å². The van der Waals surface area contributed by atoms with Crippen molar-refractivity contribution < 1.29 is 23.7 Å². The molecule has 23 heavy (non-hydrogen) atoms. The van der Waals surface area contributed by atoms with Gasteiger partial charge in [0.2, 0.25) is 6.29 Å². The summed E-state index contributed by atoms with van der Waals surface area (Å²) in [6.45, 7) is 3.63. The van der Waals surface area contributed by atoms with Gasteiger partial charge in [0.25, 0.3) is 0 Å². The van der Waals surface area contributed by atoms with E-state index in [-0.39, 0.29) is 0 Å². The monoisotopic (exact) mass is 318 g/mol. The Bertz CT molecular complexity index is 804. The van der Waals surface area contributed by atoms with E-state index in [4.69, 9.17) is 18.6 Å². The zero-order chi connectivity index (χ0) is 16.6. The first-order chi connectivity index (χ1) is 10.9. The summed E-state index contributed by atoms with van der Waals surface area (Å²) >= 11 is 0. The van der Waals surface area contributed by atoms with E-state index in [0.29, 0.717) is 17.1 Å². The van der Waals surface area contributed by atoms with Gasteiger partial charge in [0, 0.05) is 11.5 Å². The van der Waals surface area contributed by atoms with Crippen molar-refractivity contribution in [3.63, 3.8) is 0 Å². The number of benzene rings is 1. The largest absolute Gasteiger partial charge is 0.498 e. The van der Waals surface area contributed by atoms with E-state index in [2.05, 4.69) is 0 Å².